The minimum absolute atomic E-state index is 0.580. The lowest BCUT2D eigenvalue weighted by atomic mass is 10.2. The van der Waals surface area contributed by atoms with Crippen LogP contribution in [0.5, 0.6) is 5.75 Å². The highest BCUT2D eigenvalue weighted by Crippen LogP contribution is 2.30. The molecule has 0 aliphatic heterocycles. The van der Waals surface area contributed by atoms with Crippen LogP contribution >= 0.6 is 11.6 Å². The first kappa shape index (κ1) is 12.6. The molecule has 0 spiro atoms. The Hall–Kier alpha value is -1.87. The number of benzene rings is 2. The third kappa shape index (κ3) is 2.87. The van der Waals surface area contributed by atoms with Gasteiger partial charge in [0.15, 0.2) is 0 Å². The van der Waals surface area contributed by atoms with Crippen molar-refractivity contribution in [3.05, 3.63) is 47.5 Å². The average Bonchev–Trinajstić information content (AvgIpc) is 2.36. The Morgan fingerprint density at radius 1 is 1.22 bits per heavy atom. The molecule has 0 radical (unpaired) electrons. The summed E-state index contributed by atoms with van der Waals surface area (Å²) in [6, 6.07) is 13.1. The second kappa shape index (κ2) is 5.65. The molecule has 2 rings (SSSR count). The lowest BCUT2D eigenvalue weighted by Crippen LogP contribution is -1.97. The van der Waals surface area contributed by atoms with Crippen LogP contribution in [0.15, 0.2) is 42.5 Å². The van der Waals surface area contributed by atoms with Crippen molar-refractivity contribution in [2.45, 2.75) is 6.92 Å². The van der Waals surface area contributed by atoms with Crippen LogP contribution in [-0.2, 0) is 0 Å². The fourth-order valence-corrected chi connectivity index (χ4v) is 1.85. The Kier molecular flexibility index (Phi) is 3.95. The molecule has 0 aliphatic rings. The van der Waals surface area contributed by atoms with E-state index in [-0.39, 0.29) is 0 Å². The number of rotatable bonds is 4. The molecular formula is C14H15ClN2O. The summed E-state index contributed by atoms with van der Waals surface area (Å²) in [5.41, 5.74) is 8.30. The predicted octanol–water partition coefficient (Wildman–Crippen LogP) is 4.06. The van der Waals surface area contributed by atoms with Crippen LogP contribution in [-0.4, -0.2) is 6.61 Å². The molecule has 0 saturated carbocycles. The molecule has 2 aromatic rings. The van der Waals surface area contributed by atoms with E-state index in [9.17, 15) is 0 Å². The maximum absolute atomic E-state index is 6.12. The van der Waals surface area contributed by atoms with Gasteiger partial charge in [0.2, 0.25) is 0 Å². The van der Waals surface area contributed by atoms with E-state index in [1.54, 1.807) is 0 Å². The maximum Gasteiger partial charge on any atom is 0.138 e. The molecule has 2 aromatic carbocycles. The molecule has 0 heterocycles. The summed E-state index contributed by atoms with van der Waals surface area (Å²) in [6.45, 7) is 2.52. The lowest BCUT2D eigenvalue weighted by molar-refractivity contribution is 0.340. The van der Waals surface area contributed by atoms with Crippen LogP contribution in [0.1, 0.15) is 6.92 Å². The predicted molar refractivity (Wildman–Crippen MR) is 76.8 cm³/mol. The molecule has 0 fully saturated rings. The number of halogens is 1. The molecule has 0 aromatic heterocycles. The Labute approximate surface area is 112 Å². The van der Waals surface area contributed by atoms with Gasteiger partial charge in [0, 0.05) is 5.69 Å². The number of anilines is 3. The molecule has 0 unspecified atom stereocenters. The van der Waals surface area contributed by atoms with Crippen molar-refractivity contribution in [2.75, 3.05) is 17.7 Å². The molecule has 0 bridgehead atoms. The number of nitrogens with two attached hydrogens (primary N) is 1. The topological polar surface area (TPSA) is 47.3 Å². The van der Waals surface area contributed by atoms with E-state index >= 15 is 0 Å². The molecule has 0 aliphatic carbocycles. The summed E-state index contributed by atoms with van der Waals surface area (Å²) in [5.74, 6) is 0.686. The number of hydrogen-bond donors (Lipinski definition) is 2. The van der Waals surface area contributed by atoms with Crippen molar-refractivity contribution in [3.63, 3.8) is 0 Å². The second-order valence-corrected chi connectivity index (χ2v) is 4.20. The smallest absolute Gasteiger partial charge is 0.138 e. The summed E-state index contributed by atoms with van der Waals surface area (Å²) in [7, 11) is 0. The Bertz CT molecular complexity index is 543. The fraction of sp³-hybridized carbons (Fsp3) is 0.143. The zero-order valence-corrected chi connectivity index (χ0v) is 10.9. The van der Waals surface area contributed by atoms with Gasteiger partial charge in [-0.3, -0.25) is 0 Å². The zero-order valence-electron chi connectivity index (χ0n) is 10.1. The van der Waals surface area contributed by atoms with Crippen molar-refractivity contribution in [1.82, 2.24) is 0 Å². The molecule has 0 saturated heterocycles. The summed E-state index contributed by atoms with van der Waals surface area (Å²) >= 11 is 6.12. The molecule has 3 nitrogen and oxygen atoms in total. The molecule has 3 N–H and O–H groups in total. The third-order valence-corrected chi connectivity index (χ3v) is 2.77. The van der Waals surface area contributed by atoms with Crippen molar-refractivity contribution in [2.24, 2.45) is 0 Å². The standard InChI is InChI=1S/C14H15ClN2O/c1-2-18-14-8-7-10(9-11(14)15)17-13-6-4-3-5-12(13)16/h3-9,17H,2,16H2,1H3. The van der Waals surface area contributed by atoms with Gasteiger partial charge in [-0.25, -0.2) is 0 Å². The molecular weight excluding hydrogens is 248 g/mol. The quantitative estimate of drug-likeness (QED) is 0.817. The van der Waals surface area contributed by atoms with E-state index in [0.29, 0.717) is 23.1 Å². The van der Waals surface area contributed by atoms with E-state index < -0.39 is 0 Å². The second-order valence-electron chi connectivity index (χ2n) is 3.79. The van der Waals surface area contributed by atoms with Gasteiger partial charge < -0.3 is 15.8 Å². The van der Waals surface area contributed by atoms with Gasteiger partial charge in [-0.1, -0.05) is 23.7 Å². The largest absolute Gasteiger partial charge is 0.492 e. The highest BCUT2D eigenvalue weighted by atomic mass is 35.5. The van der Waals surface area contributed by atoms with Gasteiger partial charge in [-0.2, -0.15) is 0 Å². The highest BCUT2D eigenvalue weighted by molar-refractivity contribution is 6.32. The van der Waals surface area contributed by atoms with Gasteiger partial charge in [-0.15, -0.1) is 0 Å². The van der Waals surface area contributed by atoms with Crippen molar-refractivity contribution >= 4 is 28.7 Å². The summed E-state index contributed by atoms with van der Waals surface area (Å²) in [4.78, 5) is 0. The SMILES string of the molecule is CCOc1ccc(Nc2ccccc2N)cc1Cl. The van der Waals surface area contributed by atoms with E-state index in [4.69, 9.17) is 22.1 Å². The van der Waals surface area contributed by atoms with Crippen LogP contribution in [0.25, 0.3) is 0 Å². The normalized spacial score (nSPS) is 10.1. The molecule has 0 atom stereocenters. The number of nitrogen functional groups attached to an aromatic ring is 1. The number of para-hydroxylation sites is 2. The third-order valence-electron chi connectivity index (χ3n) is 2.47. The Morgan fingerprint density at radius 3 is 2.67 bits per heavy atom. The van der Waals surface area contributed by atoms with E-state index in [1.165, 1.54) is 0 Å². The van der Waals surface area contributed by atoms with Crippen molar-refractivity contribution in [3.8, 4) is 5.75 Å². The molecule has 0 amide bonds. The summed E-state index contributed by atoms with van der Waals surface area (Å²) in [5, 5.41) is 3.80. The van der Waals surface area contributed by atoms with E-state index in [1.807, 2.05) is 49.4 Å². The van der Waals surface area contributed by atoms with Crippen molar-refractivity contribution < 1.29 is 4.74 Å². The first-order valence-electron chi connectivity index (χ1n) is 5.74. The van der Waals surface area contributed by atoms with Crippen molar-refractivity contribution in [1.29, 1.82) is 0 Å². The molecule has 18 heavy (non-hydrogen) atoms. The van der Waals surface area contributed by atoms with Gasteiger partial charge in [0.25, 0.3) is 0 Å². The van der Waals surface area contributed by atoms with Gasteiger partial charge in [0.1, 0.15) is 5.75 Å². The van der Waals surface area contributed by atoms with Crippen LogP contribution in [0.4, 0.5) is 17.1 Å². The van der Waals surface area contributed by atoms with E-state index in [0.717, 1.165) is 11.4 Å². The minimum atomic E-state index is 0.580. The summed E-state index contributed by atoms with van der Waals surface area (Å²) in [6.07, 6.45) is 0. The molecule has 94 valence electrons. The highest BCUT2D eigenvalue weighted by Gasteiger charge is 2.04. The van der Waals surface area contributed by atoms with Gasteiger partial charge in [-0.05, 0) is 37.3 Å². The molecule has 4 heteroatoms. The minimum Gasteiger partial charge on any atom is -0.492 e. The Morgan fingerprint density at radius 2 is 2.00 bits per heavy atom. The van der Waals surface area contributed by atoms with E-state index in [2.05, 4.69) is 5.32 Å². The monoisotopic (exact) mass is 262 g/mol. The lowest BCUT2D eigenvalue weighted by Gasteiger charge is -2.11. The first-order valence-corrected chi connectivity index (χ1v) is 6.12. The van der Waals surface area contributed by atoms with Crippen LogP contribution < -0.4 is 15.8 Å². The first-order chi connectivity index (χ1) is 8.70. The number of nitrogens with one attached hydrogen (secondary N) is 1. The fourth-order valence-electron chi connectivity index (χ4n) is 1.62. The van der Waals surface area contributed by atoms with Crippen LogP contribution in [0.2, 0.25) is 5.02 Å². The number of ether oxygens (including phenoxy) is 1. The Balaban J connectivity index is 2.20. The van der Waals surface area contributed by atoms with Crippen LogP contribution in [0, 0.1) is 0 Å². The summed E-state index contributed by atoms with van der Waals surface area (Å²) < 4.78 is 5.38. The zero-order chi connectivity index (χ0) is 13.0. The van der Waals surface area contributed by atoms with Crippen LogP contribution in [0.3, 0.4) is 0 Å². The average molecular weight is 263 g/mol. The van der Waals surface area contributed by atoms with Gasteiger partial charge >= 0.3 is 0 Å². The number of hydrogen-bond acceptors (Lipinski definition) is 3. The van der Waals surface area contributed by atoms with Gasteiger partial charge in [0.05, 0.1) is 23.0 Å². The maximum atomic E-state index is 6.12.